The van der Waals surface area contributed by atoms with Crippen molar-refractivity contribution < 1.29 is 0 Å². The number of hydrogen-bond donors (Lipinski definition) is 0. The third kappa shape index (κ3) is 4.24. The zero-order valence-electron chi connectivity index (χ0n) is 26.7. The lowest BCUT2D eigenvalue weighted by Gasteiger charge is -2.19. The average Bonchev–Trinajstić information content (AvgIpc) is 3.69. The van der Waals surface area contributed by atoms with Crippen molar-refractivity contribution in [3.8, 4) is 51.8 Å². The smallest absolute Gasteiger partial charge is 0.101 e. The van der Waals surface area contributed by atoms with Gasteiger partial charge in [0.15, 0.2) is 0 Å². The Kier molecular flexibility index (Phi) is 6.56. The number of aromatic nitrogens is 2. The Morgan fingerprint density at radius 3 is 1.58 bits per heavy atom. The maximum Gasteiger partial charge on any atom is 0.101 e. The van der Waals surface area contributed by atoms with E-state index < -0.39 is 0 Å². The van der Waals surface area contributed by atoms with Crippen LogP contribution in [0.5, 0.6) is 0 Å². The highest BCUT2D eigenvalue weighted by atomic mass is 15.0. The van der Waals surface area contributed by atoms with Crippen LogP contribution in [0.25, 0.3) is 77.2 Å². The maximum absolute atomic E-state index is 10.5. The molecule has 0 saturated carbocycles. The van der Waals surface area contributed by atoms with Crippen molar-refractivity contribution in [2.75, 3.05) is 0 Å². The minimum absolute atomic E-state index is 0.529. The normalized spacial score (nSPS) is 11.1. The van der Waals surface area contributed by atoms with Crippen LogP contribution in [0, 0.1) is 34.0 Å². The monoisotopic (exact) mass is 635 g/mol. The van der Waals surface area contributed by atoms with Gasteiger partial charge in [0.25, 0.3) is 0 Å². The summed E-state index contributed by atoms with van der Waals surface area (Å²) in [6.07, 6.45) is 0. The molecule has 7 aromatic carbocycles. The van der Waals surface area contributed by atoms with Crippen LogP contribution >= 0.6 is 0 Å². The van der Waals surface area contributed by atoms with Gasteiger partial charge in [-0.2, -0.15) is 15.8 Å². The number of fused-ring (bicyclic) bond motifs is 6. The molecule has 0 aliphatic heterocycles. The number of nitriles is 3. The first-order valence-corrected chi connectivity index (χ1v) is 16.3. The summed E-state index contributed by atoms with van der Waals surface area (Å²) in [4.78, 5) is 0. The van der Waals surface area contributed by atoms with Gasteiger partial charge in [-0.1, -0.05) is 91.0 Å². The van der Waals surface area contributed by atoms with E-state index in [9.17, 15) is 15.8 Å². The quantitative estimate of drug-likeness (QED) is 0.193. The van der Waals surface area contributed by atoms with Crippen LogP contribution in [0.1, 0.15) is 16.7 Å². The van der Waals surface area contributed by atoms with Gasteiger partial charge >= 0.3 is 0 Å². The molecule has 2 aromatic heterocycles. The predicted octanol–water partition coefficient (Wildman–Crippen LogP) is 10.8. The van der Waals surface area contributed by atoms with Crippen molar-refractivity contribution in [2.45, 2.75) is 0 Å². The topological polar surface area (TPSA) is 81.2 Å². The molecule has 9 rings (SSSR count). The molecule has 0 radical (unpaired) electrons. The van der Waals surface area contributed by atoms with Crippen molar-refractivity contribution in [1.82, 2.24) is 9.13 Å². The highest BCUT2D eigenvalue weighted by Gasteiger charge is 2.21. The molecule has 2 heterocycles. The molecule has 0 saturated heterocycles. The Hall–Kier alpha value is -7.39. The summed E-state index contributed by atoms with van der Waals surface area (Å²) in [6, 6.07) is 57.7. The first kappa shape index (κ1) is 28.8. The van der Waals surface area contributed by atoms with Gasteiger partial charge in [-0.3, -0.25) is 0 Å². The van der Waals surface area contributed by atoms with Gasteiger partial charge in [0.1, 0.15) is 6.07 Å². The van der Waals surface area contributed by atoms with E-state index in [2.05, 4.69) is 94.1 Å². The Bertz CT molecular complexity index is 2920. The minimum Gasteiger partial charge on any atom is -0.309 e. The van der Waals surface area contributed by atoms with Gasteiger partial charge in [0, 0.05) is 27.1 Å². The lowest BCUT2D eigenvalue weighted by molar-refractivity contribution is 1.17. The van der Waals surface area contributed by atoms with Crippen LogP contribution < -0.4 is 0 Å². The summed E-state index contributed by atoms with van der Waals surface area (Å²) in [5, 5.41) is 34.8. The number of nitrogens with zero attached hydrogens (tertiary/aromatic N) is 5. The molecule has 0 N–H and O–H groups in total. The number of hydrogen-bond acceptors (Lipinski definition) is 3. The standard InChI is InChI=1S/C45H25N5/c46-26-29-20-23-42-38(24-29)36-14-5-8-18-41(36)50(42)44-25-30(21-22-31(44)27-47)33-11-1-2-15-37(33)45-32(28-48)10-9-19-43(45)49-39-16-6-3-12-34(39)35-13-4-7-17-40(35)49/h1-25H. The highest BCUT2D eigenvalue weighted by Crippen LogP contribution is 2.42. The number of para-hydroxylation sites is 3. The molecule has 0 aliphatic carbocycles. The van der Waals surface area contributed by atoms with Crippen molar-refractivity contribution in [3.63, 3.8) is 0 Å². The molecule has 0 fully saturated rings. The van der Waals surface area contributed by atoms with Crippen LogP contribution in [0.4, 0.5) is 0 Å². The van der Waals surface area contributed by atoms with Crippen molar-refractivity contribution in [1.29, 1.82) is 15.8 Å². The average molecular weight is 636 g/mol. The van der Waals surface area contributed by atoms with Gasteiger partial charge < -0.3 is 9.13 Å². The fourth-order valence-corrected chi connectivity index (χ4v) is 7.52. The zero-order chi connectivity index (χ0) is 33.8. The van der Waals surface area contributed by atoms with E-state index in [1.165, 1.54) is 0 Å². The zero-order valence-corrected chi connectivity index (χ0v) is 26.7. The Morgan fingerprint density at radius 1 is 0.380 bits per heavy atom. The molecule has 0 spiro atoms. The molecular weight excluding hydrogens is 611 g/mol. The summed E-state index contributed by atoms with van der Waals surface area (Å²) < 4.78 is 4.37. The minimum atomic E-state index is 0.529. The molecule has 0 unspecified atom stereocenters. The van der Waals surface area contributed by atoms with Crippen LogP contribution in [-0.2, 0) is 0 Å². The van der Waals surface area contributed by atoms with Gasteiger partial charge in [-0.05, 0) is 77.4 Å². The molecule has 5 nitrogen and oxygen atoms in total. The lowest BCUT2D eigenvalue weighted by atomic mass is 9.90. The van der Waals surface area contributed by atoms with Crippen LogP contribution in [0.15, 0.2) is 152 Å². The molecule has 230 valence electrons. The molecule has 0 bridgehead atoms. The second kappa shape index (κ2) is 11.4. The molecule has 0 aliphatic rings. The van der Waals surface area contributed by atoms with Gasteiger partial charge in [0.05, 0.1) is 62.3 Å². The van der Waals surface area contributed by atoms with Crippen LogP contribution in [-0.4, -0.2) is 9.13 Å². The van der Waals surface area contributed by atoms with Crippen LogP contribution in [0.3, 0.4) is 0 Å². The van der Waals surface area contributed by atoms with Gasteiger partial charge in [0.2, 0.25) is 0 Å². The second-order valence-electron chi connectivity index (χ2n) is 12.3. The van der Waals surface area contributed by atoms with E-state index in [4.69, 9.17) is 0 Å². The fraction of sp³-hybridized carbons (Fsp3) is 0. The maximum atomic E-state index is 10.5. The molecule has 0 amide bonds. The van der Waals surface area contributed by atoms with E-state index >= 15 is 0 Å². The summed E-state index contributed by atoms with van der Waals surface area (Å²) in [5.41, 5.74) is 10.9. The van der Waals surface area contributed by atoms with E-state index in [-0.39, 0.29) is 0 Å². The summed E-state index contributed by atoms with van der Waals surface area (Å²) in [5.74, 6) is 0. The van der Waals surface area contributed by atoms with Gasteiger partial charge in [-0.15, -0.1) is 0 Å². The Morgan fingerprint density at radius 2 is 0.940 bits per heavy atom. The molecule has 9 aromatic rings. The van der Waals surface area contributed by atoms with E-state index in [1.54, 1.807) is 0 Å². The lowest BCUT2D eigenvalue weighted by Crippen LogP contribution is -2.01. The van der Waals surface area contributed by atoms with E-state index in [1.807, 2.05) is 84.9 Å². The SMILES string of the molecule is N#Cc1ccc2c(c1)c1ccccc1n2-c1cc(-c2ccccc2-c2c(C#N)cccc2-n2c3ccccc3c3ccccc32)ccc1C#N. The highest BCUT2D eigenvalue weighted by molar-refractivity contribution is 6.11. The third-order valence-electron chi connectivity index (χ3n) is 9.65. The summed E-state index contributed by atoms with van der Waals surface area (Å²) in [6.45, 7) is 0. The molecule has 0 atom stereocenters. The molecule has 50 heavy (non-hydrogen) atoms. The first-order valence-electron chi connectivity index (χ1n) is 16.3. The summed E-state index contributed by atoms with van der Waals surface area (Å²) in [7, 11) is 0. The predicted molar refractivity (Wildman–Crippen MR) is 200 cm³/mol. The number of benzene rings is 7. The second-order valence-corrected chi connectivity index (χ2v) is 12.3. The van der Waals surface area contributed by atoms with Crippen molar-refractivity contribution in [3.05, 3.63) is 168 Å². The van der Waals surface area contributed by atoms with E-state index in [0.29, 0.717) is 16.7 Å². The summed E-state index contributed by atoms with van der Waals surface area (Å²) >= 11 is 0. The van der Waals surface area contributed by atoms with E-state index in [0.717, 1.165) is 77.2 Å². The van der Waals surface area contributed by atoms with Crippen molar-refractivity contribution in [2.24, 2.45) is 0 Å². The molecular formula is C45H25N5. The largest absolute Gasteiger partial charge is 0.309 e. The van der Waals surface area contributed by atoms with Gasteiger partial charge in [-0.25, -0.2) is 0 Å². The number of rotatable bonds is 4. The Balaban J connectivity index is 1.32. The van der Waals surface area contributed by atoms with Crippen LogP contribution in [0.2, 0.25) is 0 Å². The molecule has 5 heteroatoms. The first-order chi connectivity index (χ1) is 24.7. The fourth-order valence-electron chi connectivity index (χ4n) is 7.52. The van der Waals surface area contributed by atoms with Crippen molar-refractivity contribution >= 4 is 43.6 Å². The Labute approximate surface area is 287 Å². The third-order valence-corrected chi connectivity index (χ3v) is 9.65.